The second kappa shape index (κ2) is 5.03. The molecule has 1 aromatic rings. The quantitative estimate of drug-likeness (QED) is 0.758. The van der Waals surface area contributed by atoms with Gasteiger partial charge in [-0.15, -0.1) is 0 Å². The first-order chi connectivity index (χ1) is 8.06. The minimum absolute atomic E-state index is 0.494. The van der Waals surface area contributed by atoms with E-state index in [0.717, 1.165) is 37.9 Å². The summed E-state index contributed by atoms with van der Waals surface area (Å²) in [6, 6.07) is 3.75. The lowest BCUT2D eigenvalue weighted by Crippen LogP contribution is -2.35. The van der Waals surface area contributed by atoms with Crippen molar-refractivity contribution in [1.29, 1.82) is 0 Å². The van der Waals surface area contributed by atoms with Gasteiger partial charge in [0.2, 0.25) is 0 Å². The maximum atomic E-state index is 13.1. The molecule has 1 nitrogen and oxygen atoms in total. The zero-order valence-corrected chi connectivity index (χ0v) is 10.4. The van der Waals surface area contributed by atoms with Gasteiger partial charge in [-0.05, 0) is 36.8 Å². The van der Waals surface area contributed by atoms with Crippen LogP contribution in [0.5, 0.6) is 0 Å². The van der Waals surface area contributed by atoms with Crippen LogP contribution in [0.25, 0.3) is 0 Å². The third kappa shape index (κ3) is 2.96. The third-order valence-electron chi connectivity index (χ3n) is 3.69. The molecule has 1 aliphatic heterocycles. The van der Waals surface area contributed by atoms with Crippen molar-refractivity contribution in [3.63, 3.8) is 0 Å². The van der Waals surface area contributed by atoms with Crippen molar-refractivity contribution in [2.24, 2.45) is 11.8 Å². The Bertz CT molecular complexity index is 362. The molecule has 0 aromatic heterocycles. The van der Waals surface area contributed by atoms with E-state index in [1.54, 1.807) is 0 Å². The van der Waals surface area contributed by atoms with Gasteiger partial charge in [-0.2, -0.15) is 0 Å². The molecule has 1 fully saturated rings. The van der Waals surface area contributed by atoms with Gasteiger partial charge in [0.05, 0.1) is 0 Å². The number of hydrogen-bond donors (Lipinski definition) is 0. The van der Waals surface area contributed by atoms with Gasteiger partial charge in [0.25, 0.3) is 0 Å². The van der Waals surface area contributed by atoms with Gasteiger partial charge in [-0.25, -0.2) is 8.78 Å². The Hall–Kier alpha value is -1.12. The smallest absolute Gasteiger partial charge is 0.128 e. The van der Waals surface area contributed by atoms with Crippen LogP contribution in [-0.2, 0) is 0 Å². The van der Waals surface area contributed by atoms with Gasteiger partial charge in [0.1, 0.15) is 11.6 Å². The van der Waals surface area contributed by atoms with Gasteiger partial charge in [-0.3, -0.25) is 0 Å². The molecular weight excluding hydrogens is 220 g/mol. The van der Waals surface area contributed by atoms with E-state index in [1.165, 1.54) is 12.1 Å². The maximum Gasteiger partial charge on any atom is 0.128 e. The first kappa shape index (κ1) is 12.3. The number of halogens is 2. The number of rotatable bonds is 2. The summed E-state index contributed by atoms with van der Waals surface area (Å²) >= 11 is 0. The van der Waals surface area contributed by atoms with Crippen LogP contribution in [0, 0.1) is 23.5 Å². The lowest BCUT2D eigenvalue weighted by atomic mass is 9.86. The lowest BCUT2D eigenvalue weighted by molar-refractivity contribution is 0.311. The van der Waals surface area contributed by atoms with Crippen LogP contribution in [-0.4, -0.2) is 13.1 Å². The highest BCUT2D eigenvalue weighted by molar-refractivity contribution is 5.47. The molecule has 1 heterocycles. The summed E-state index contributed by atoms with van der Waals surface area (Å²) in [5.74, 6) is 0.447. The second-order valence-electron chi connectivity index (χ2n) is 5.20. The second-order valence-corrected chi connectivity index (χ2v) is 5.20. The average Bonchev–Trinajstić information content (AvgIpc) is 2.28. The Kier molecular flexibility index (Phi) is 3.65. The molecule has 0 unspecified atom stereocenters. The molecule has 0 aliphatic carbocycles. The molecule has 0 amide bonds. The molecule has 0 atom stereocenters. The van der Waals surface area contributed by atoms with Crippen molar-refractivity contribution in [3.8, 4) is 0 Å². The molecule has 1 saturated heterocycles. The summed E-state index contributed by atoms with van der Waals surface area (Å²) in [7, 11) is 0. The van der Waals surface area contributed by atoms with Crippen molar-refractivity contribution in [1.82, 2.24) is 0 Å². The van der Waals surface area contributed by atoms with E-state index in [4.69, 9.17) is 0 Å². The SMILES string of the molecule is CC(C)C1CCN(c2cc(F)cc(F)c2)CC1. The summed E-state index contributed by atoms with van der Waals surface area (Å²) in [6.45, 7) is 6.27. The van der Waals surface area contributed by atoms with E-state index < -0.39 is 11.6 Å². The minimum Gasteiger partial charge on any atom is -0.371 e. The zero-order chi connectivity index (χ0) is 12.4. The molecular formula is C14H19F2N. The summed E-state index contributed by atoms with van der Waals surface area (Å²) in [5, 5.41) is 0. The van der Waals surface area contributed by atoms with Crippen LogP contribution in [0.1, 0.15) is 26.7 Å². The third-order valence-corrected chi connectivity index (χ3v) is 3.69. The molecule has 0 spiro atoms. The molecule has 0 radical (unpaired) electrons. The molecule has 1 aromatic carbocycles. The number of nitrogens with zero attached hydrogens (tertiary/aromatic N) is 1. The predicted molar refractivity (Wildman–Crippen MR) is 66.1 cm³/mol. The summed E-state index contributed by atoms with van der Waals surface area (Å²) in [5.41, 5.74) is 0.671. The summed E-state index contributed by atoms with van der Waals surface area (Å²) in [6.07, 6.45) is 2.21. The van der Waals surface area contributed by atoms with Crippen LogP contribution >= 0.6 is 0 Å². The van der Waals surface area contributed by atoms with Crippen molar-refractivity contribution in [2.75, 3.05) is 18.0 Å². The molecule has 1 aliphatic rings. The normalized spacial score (nSPS) is 17.8. The van der Waals surface area contributed by atoms with Crippen LogP contribution in [0.3, 0.4) is 0 Å². The van der Waals surface area contributed by atoms with E-state index in [-0.39, 0.29) is 0 Å². The molecule has 0 bridgehead atoms. The highest BCUT2D eigenvalue weighted by Gasteiger charge is 2.22. The molecule has 94 valence electrons. The Morgan fingerprint density at radius 2 is 1.59 bits per heavy atom. The van der Waals surface area contributed by atoms with Crippen LogP contribution in [0.4, 0.5) is 14.5 Å². The Labute approximate surface area is 101 Å². The van der Waals surface area contributed by atoms with Crippen LogP contribution < -0.4 is 4.90 Å². The van der Waals surface area contributed by atoms with E-state index in [9.17, 15) is 8.78 Å². The lowest BCUT2D eigenvalue weighted by Gasteiger charge is -2.35. The molecule has 17 heavy (non-hydrogen) atoms. The first-order valence-electron chi connectivity index (χ1n) is 6.27. The molecule has 0 saturated carbocycles. The molecule has 2 rings (SSSR count). The number of benzene rings is 1. The average molecular weight is 239 g/mol. The van der Waals surface area contributed by atoms with Gasteiger partial charge in [-0.1, -0.05) is 13.8 Å². The topological polar surface area (TPSA) is 3.24 Å². The van der Waals surface area contributed by atoms with E-state index in [1.807, 2.05) is 0 Å². The Morgan fingerprint density at radius 3 is 2.06 bits per heavy atom. The van der Waals surface area contributed by atoms with Gasteiger partial charge >= 0.3 is 0 Å². The summed E-state index contributed by atoms with van der Waals surface area (Å²) in [4.78, 5) is 2.07. The number of piperidine rings is 1. The fourth-order valence-corrected chi connectivity index (χ4v) is 2.55. The number of hydrogen-bond acceptors (Lipinski definition) is 1. The van der Waals surface area contributed by atoms with Crippen molar-refractivity contribution >= 4 is 5.69 Å². The largest absolute Gasteiger partial charge is 0.371 e. The van der Waals surface area contributed by atoms with E-state index in [0.29, 0.717) is 11.6 Å². The highest BCUT2D eigenvalue weighted by atomic mass is 19.1. The predicted octanol–water partition coefficient (Wildman–Crippen LogP) is 3.84. The van der Waals surface area contributed by atoms with Crippen molar-refractivity contribution < 1.29 is 8.78 Å². The molecule has 3 heteroatoms. The maximum absolute atomic E-state index is 13.1. The monoisotopic (exact) mass is 239 g/mol. The fraction of sp³-hybridized carbons (Fsp3) is 0.571. The van der Waals surface area contributed by atoms with Crippen molar-refractivity contribution in [2.45, 2.75) is 26.7 Å². The van der Waals surface area contributed by atoms with Crippen molar-refractivity contribution in [3.05, 3.63) is 29.8 Å². The highest BCUT2D eigenvalue weighted by Crippen LogP contribution is 2.28. The number of anilines is 1. The Morgan fingerprint density at radius 1 is 1.06 bits per heavy atom. The summed E-state index contributed by atoms with van der Waals surface area (Å²) < 4.78 is 26.2. The minimum atomic E-state index is -0.494. The first-order valence-corrected chi connectivity index (χ1v) is 6.27. The fourth-order valence-electron chi connectivity index (χ4n) is 2.55. The standard InChI is InChI=1S/C14H19F2N/c1-10(2)11-3-5-17(6-4-11)14-8-12(15)7-13(16)9-14/h7-11H,3-6H2,1-2H3. The van der Waals surface area contributed by atoms with E-state index in [2.05, 4.69) is 18.7 Å². The molecule has 0 N–H and O–H groups in total. The zero-order valence-electron chi connectivity index (χ0n) is 10.4. The Balaban J connectivity index is 2.05. The van der Waals surface area contributed by atoms with Crippen LogP contribution in [0.2, 0.25) is 0 Å². The van der Waals surface area contributed by atoms with Crippen LogP contribution in [0.15, 0.2) is 18.2 Å². The van der Waals surface area contributed by atoms with Gasteiger partial charge in [0.15, 0.2) is 0 Å². The van der Waals surface area contributed by atoms with E-state index >= 15 is 0 Å². The van der Waals surface area contributed by atoms with Gasteiger partial charge < -0.3 is 4.90 Å². The van der Waals surface area contributed by atoms with Gasteiger partial charge in [0, 0.05) is 24.8 Å².